The maximum atomic E-state index is 13.4. The smallest absolute Gasteiger partial charge is 0.126 e. The van der Waals surface area contributed by atoms with Gasteiger partial charge >= 0.3 is 0 Å². The summed E-state index contributed by atoms with van der Waals surface area (Å²) in [5, 5.41) is 0. The van der Waals surface area contributed by atoms with Gasteiger partial charge in [-0.1, -0.05) is 25.1 Å². The predicted octanol–water partition coefficient (Wildman–Crippen LogP) is 2.58. The van der Waals surface area contributed by atoms with Crippen molar-refractivity contribution in [1.29, 1.82) is 0 Å². The molecular weight excluding hydrogens is 167 g/mol. The normalized spacial score (nSPS) is 27.8. The Kier molecular flexibility index (Phi) is 2.32. The Balaban J connectivity index is 2.29. The van der Waals surface area contributed by atoms with Crippen LogP contribution < -0.4 is 0 Å². The molecule has 0 bridgehead atoms. The summed E-state index contributed by atoms with van der Waals surface area (Å²) in [6.07, 6.45) is 0. The van der Waals surface area contributed by atoms with Crippen LogP contribution in [0.1, 0.15) is 18.4 Å². The van der Waals surface area contributed by atoms with E-state index in [4.69, 9.17) is 4.74 Å². The topological polar surface area (TPSA) is 9.23 Å². The first-order chi connectivity index (χ1) is 6.29. The molecule has 0 aliphatic carbocycles. The Hall–Kier alpha value is -0.890. The maximum Gasteiger partial charge on any atom is 0.126 e. The van der Waals surface area contributed by atoms with E-state index in [1.807, 2.05) is 12.1 Å². The van der Waals surface area contributed by atoms with Gasteiger partial charge in [-0.15, -0.1) is 0 Å². The Labute approximate surface area is 77.5 Å². The van der Waals surface area contributed by atoms with Crippen molar-refractivity contribution < 1.29 is 9.13 Å². The molecular formula is C11H13FO. The molecule has 0 aromatic heterocycles. The van der Waals surface area contributed by atoms with Crippen molar-refractivity contribution >= 4 is 0 Å². The molecule has 70 valence electrons. The van der Waals surface area contributed by atoms with Crippen LogP contribution in [0.5, 0.6) is 0 Å². The molecule has 1 heterocycles. The fraction of sp³-hybridized carbons (Fsp3) is 0.455. The molecule has 1 aromatic rings. The lowest BCUT2D eigenvalue weighted by Gasteiger charge is -2.13. The highest BCUT2D eigenvalue weighted by molar-refractivity contribution is 5.23. The summed E-state index contributed by atoms with van der Waals surface area (Å²) in [6.45, 7) is 3.51. The molecule has 2 atom stereocenters. The molecule has 1 aliphatic rings. The lowest BCUT2D eigenvalue weighted by atomic mass is 9.90. The molecule has 0 N–H and O–H groups in total. The number of hydrogen-bond acceptors (Lipinski definition) is 1. The van der Waals surface area contributed by atoms with Crippen molar-refractivity contribution in [3.8, 4) is 0 Å². The average Bonchev–Trinajstić information content (AvgIpc) is 2.52. The second-order valence-electron chi connectivity index (χ2n) is 3.64. The number of ether oxygens (including phenoxy) is 1. The van der Waals surface area contributed by atoms with E-state index in [0.29, 0.717) is 12.5 Å². The van der Waals surface area contributed by atoms with Crippen LogP contribution in [-0.2, 0) is 4.74 Å². The van der Waals surface area contributed by atoms with Crippen molar-refractivity contribution in [3.05, 3.63) is 35.6 Å². The van der Waals surface area contributed by atoms with E-state index in [1.165, 1.54) is 6.07 Å². The summed E-state index contributed by atoms with van der Waals surface area (Å²) in [4.78, 5) is 0. The lowest BCUT2D eigenvalue weighted by Crippen LogP contribution is -2.08. The summed E-state index contributed by atoms with van der Waals surface area (Å²) < 4.78 is 18.7. The average molecular weight is 180 g/mol. The minimum absolute atomic E-state index is 0.107. The Morgan fingerprint density at radius 1 is 1.31 bits per heavy atom. The third kappa shape index (κ3) is 1.59. The number of halogens is 1. The second kappa shape index (κ2) is 3.46. The minimum atomic E-state index is -0.107. The van der Waals surface area contributed by atoms with E-state index in [2.05, 4.69) is 6.92 Å². The quantitative estimate of drug-likeness (QED) is 0.645. The van der Waals surface area contributed by atoms with Crippen LogP contribution in [-0.4, -0.2) is 13.2 Å². The first-order valence-electron chi connectivity index (χ1n) is 4.61. The van der Waals surface area contributed by atoms with Crippen molar-refractivity contribution in [1.82, 2.24) is 0 Å². The highest BCUT2D eigenvalue weighted by Gasteiger charge is 2.27. The predicted molar refractivity (Wildman–Crippen MR) is 49.1 cm³/mol. The van der Waals surface area contributed by atoms with Gasteiger partial charge in [-0.25, -0.2) is 4.39 Å². The third-order valence-corrected chi connectivity index (χ3v) is 2.67. The summed E-state index contributed by atoms with van der Waals surface area (Å²) in [7, 11) is 0. The van der Waals surface area contributed by atoms with Crippen LogP contribution in [0, 0.1) is 11.7 Å². The van der Waals surface area contributed by atoms with Gasteiger partial charge in [0.2, 0.25) is 0 Å². The van der Waals surface area contributed by atoms with E-state index in [-0.39, 0.29) is 11.7 Å². The van der Waals surface area contributed by atoms with Gasteiger partial charge in [0.05, 0.1) is 6.61 Å². The largest absolute Gasteiger partial charge is 0.381 e. The van der Waals surface area contributed by atoms with Gasteiger partial charge in [0, 0.05) is 12.5 Å². The second-order valence-corrected chi connectivity index (χ2v) is 3.64. The van der Waals surface area contributed by atoms with Crippen molar-refractivity contribution in [2.75, 3.05) is 13.2 Å². The Morgan fingerprint density at radius 3 is 2.69 bits per heavy atom. The van der Waals surface area contributed by atoms with Crippen molar-refractivity contribution in [2.45, 2.75) is 12.8 Å². The molecule has 13 heavy (non-hydrogen) atoms. The van der Waals surface area contributed by atoms with Crippen LogP contribution in [0.4, 0.5) is 4.39 Å². The molecule has 1 unspecified atom stereocenters. The molecule has 0 saturated carbocycles. The van der Waals surface area contributed by atoms with Gasteiger partial charge in [-0.05, 0) is 17.5 Å². The molecule has 1 aromatic carbocycles. The van der Waals surface area contributed by atoms with Crippen LogP contribution in [0.2, 0.25) is 0 Å². The van der Waals surface area contributed by atoms with Crippen LogP contribution in [0.15, 0.2) is 24.3 Å². The van der Waals surface area contributed by atoms with E-state index >= 15 is 0 Å². The van der Waals surface area contributed by atoms with Gasteiger partial charge < -0.3 is 4.74 Å². The summed E-state index contributed by atoms with van der Waals surface area (Å²) >= 11 is 0. The molecule has 2 rings (SSSR count). The van der Waals surface area contributed by atoms with Gasteiger partial charge in [-0.3, -0.25) is 0 Å². The third-order valence-electron chi connectivity index (χ3n) is 2.67. The van der Waals surface area contributed by atoms with Crippen molar-refractivity contribution in [3.63, 3.8) is 0 Å². The molecule has 1 nitrogen and oxygen atoms in total. The Morgan fingerprint density at radius 2 is 2.08 bits per heavy atom. The fourth-order valence-corrected chi connectivity index (χ4v) is 1.83. The van der Waals surface area contributed by atoms with E-state index < -0.39 is 0 Å². The molecule has 1 fully saturated rings. The van der Waals surface area contributed by atoms with Gasteiger partial charge in [0.25, 0.3) is 0 Å². The van der Waals surface area contributed by atoms with E-state index in [0.717, 1.165) is 12.2 Å². The highest BCUT2D eigenvalue weighted by Crippen LogP contribution is 2.31. The zero-order chi connectivity index (χ0) is 9.26. The monoisotopic (exact) mass is 180 g/mol. The summed E-state index contributed by atoms with van der Waals surface area (Å²) in [6, 6.07) is 6.97. The molecule has 1 aliphatic heterocycles. The summed E-state index contributed by atoms with van der Waals surface area (Å²) in [5.74, 6) is 0.558. The zero-order valence-electron chi connectivity index (χ0n) is 7.66. The minimum Gasteiger partial charge on any atom is -0.381 e. The van der Waals surface area contributed by atoms with E-state index in [9.17, 15) is 4.39 Å². The standard InChI is InChI=1S/C11H13FO/c1-8-6-13-7-10(8)9-4-2-3-5-11(9)12/h2-5,8,10H,6-7H2,1H3/t8?,10-/m1/s1. The SMILES string of the molecule is CC1COC[C@H]1c1ccccc1F. The van der Waals surface area contributed by atoms with Gasteiger partial charge in [0.15, 0.2) is 0 Å². The summed E-state index contributed by atoms with van der Waals surface area (Å²) in [5.41, 5.74) is 0.799. The first kappa shape index (κ1) is 8.70. The first-order valence-corrected chi connectivity index (χ1v) is 4.61. The number of benzene rings is 1. The number of rotatable bonds is 1. The maximum absolute atomic E-state index is 13.4. The van der Waals surface area contributed by atoms with Crippen LogP contribution >= 0.6 is 0 Å². The van der Waals surface area contributed by atoms with E-state index in [1.54, 1.807) is 6.07 Å². The van der Waals surface area contributed by atoms with Crippen LogP contribution in [0.3, 0.4) is 0 Å². The number of hydrogen-bond donors (Lipinski definition) is 0. The van der Waals surface area contributed by atoms with Crippen molar-refractivity contribution in [2.24, 2.45) is 5.92 Å². The lowest BCUT2D eigenvalue weighted by molar-refractivity contribution is 0.186. The molecule has 2 heteroatoms. The molecule has 1 saturated heterocycles. The fourth-order valence-electron chi connectivity index (χ4n) is 1.83. The molecule has 0 amide bonds. The van der Waals surface area contributed by atoms with Crippen LogP contribution in [0.25, 0.3) is 0 Å². The highest BCUT2D eigenvalue weighted by atomic mass is 19.1. The van der Waals surface area contributed by atoms with Gasteiger partial charge in [-0.2, -0.15) is 0 Å². The Bertz CT molecular complexity index is 298. The molecule has 0 spiro atoms. The molecule has 0 radical (unpaired) electrons. The van der Waals surface area contributed by atoms with Gasteiger partial charge in [0.1, 0.15) is 5.82 Å². The zero-order valence-corrected chi connectivity index (χ0v) is 7.66.